The van der Waals surface area contributed by atoms with E-state index in [2.05, 4.69) is 81.5 Å². The van der Waals surface area contributed by atoms with Crippen molar-refractivity contribution in [3.63, 3.8) is 0 Å². The average Bonchev–Trinajstić information content (AvgIpc) is 3.27. The summed E-state index contributed by atoms with van der Waals surface area (Å²) in [5.74, 6) is -0.934. The number of rotatable bonds is 47. The monoisotopic (exact) mass is 867 g/mol. The van der Waals surface area contributed by atoms with Crippen LogP contribution in [0.15, 0.2) is 60.8 Å². The first-order valence-corrected chi connectivity index (χ1v) is 26.3. The lowest BCUT2D eigenvalue weighted by Crippen LogP contribution is -2.30. The Hall–Kier alpha value is -2.89. The van der Waals surface area contributed by atoms with Crippen molar-refractivity contribution in [2.45, 2.75) is 264 Å². The summed E-state index contributed by atoms with van der Waals surface area (Å²) in [7, 11) is 0. The van der Waals surface area contributed by atoms with Gasteiger partial charge in [0.25, 0.3) is 0 Å². The summed E-state index contributed by atoms with van der Waals surface area (Å²) in [6, 6.07) is 0. The van der Waals surface area contributed by atoms with Crippen molar-refractivity contribution in [3.8, 4) is 0 Å². The van der Waals surface area contributed by atoms with Crippen LogP contribution in [-0.2, 0) is 28.6 Å². The first-order chi connectivity index (χ1) is 30.5. The molecule has 6 heteroatoms. The molecule has 6 nitrogen and oxygen atoms in total. The summed E-state index contributed by atoms with van der Waals surface area (Å²) in [6.45, 7) is 6.57. The van der Waals surface area contributed by atoms with E-state index >= 15 is 0 Å². The molecule has 0 spiro atoms. The predicted molar refractivity (Wildman–Crippen MR) is 265 cm³/mol. The normalized spacial score (nSPS) is 12.5. The van der Waals surface area contributed by atoms with Gasteiger partial charge in [-0.3, -0.25) is 14.4 Å². The molecule has 0 aliphatic heterocycles. The Morgan fingerprint density at radius 2 is 0.581 bits per heavy atom. The number of hydrogen-bond donors (Lipinski definition) is 0. The van der Waals surface area contributed by atoms with E-state index in [0.717, 1.165) is 89.9 Å². The van der Waals surface area contributed by atoms with Crippen LogP contribution in [0.5, 0.6) is 0 Å². The highest BCUT2D eigenvalue weighted by atomic mass is 16.6. The van der Waals surface area contributed by atoms with E-state index in [4.69, 9.17) is 14.2 Å². The summed E-state index contributed by atoms with van der Waals surface area (Å²) >= 11 is 0. The minimum atomic E-state index is -0.793. The average molecular weight is 867 g/mol. The molecular weight excluding hydrogens is 769 g/mol. The Labute approximate surface area is 383 Å². The van der Waals surface area contributed by atoms with Crippen LogP contribution in [0.4, 0.5) is 0 Å². The van der Waals surface area contributed by atoms with Crippen LogP contribution < -0.4 is 0 Å². The van der Waals surface area contributed by atoms with E-state index in [1.165, 1.54) is 128 Å². The third-order valence-corrected chi connectivity index (χ3v) is 11.3. The van der Waals surface area contributed by atoms with E-state index in [1.54, 1.807) is 0 Å². The Morgan fingerprint density at radius 1 is 0.323 bits per heavy atom. The van der Waals surface area contributed by atoms with Crippen molar-refractivity contribution < 1.29 is 28.6 Å². The van der Waals surface area contributed by atoms with Crippen molar-refractivity contribution in [3.05, 3.63) is 60.8 Å². The van der Waals surface area contributed by atoms with Gasteiger partial charge >= 0.3 is 17.9 Å². The highest BCUT2D eigenvalue weighted by Crippen LogP contribution is 2.14. The second-order valence-corrected chi connectivity index (χ2v) is 17.5. The van der Waals surface area contributed by atoms with Gasteiger partial charge in [0.05, 0.1) is 0 Å². The summed E-state index contributed by atoms with van der Waals surface area (Å²) in [5.41, 5.74) is 0. The fourth-order valence-electron chi connectivity index (χ4n) is 7.32. The lowest BCUT2D eigenvalue weighted by Gasteiger charge is -2.18. The number of ether oxygens (including phenoxy) is 3. The topological polar surface area (TPSA) is 78.9 Å². The number of unbranched alkanes of at least 4 members (excludes halogenated alkanes) is 29. The molecular formula is C56H98O6. The van der Waals surface area contributed by atoms with Crippen molar-refractivity contribution in [2.75, 3.05) is 13.2 Å². The van der Waals surface area contributed by atoms with Crippen LogP contribution in [0.1, 0.15) is 258 Å². The molecule has 0 fully saturated rings. The van der Waals surface area contributed by atoms with Gasteiger partial charge in [-0.2, -0.15) is 0 Å². The smallest absolute Gasteiger partial charge is 0.306 e. The Balaban J connectivity index is 4.42. The molecule has 0 radical (unpaired) electrons. The third kappa shape index (κ3) is 48.1. The molecule has 0 rings (SSSR count). The second-order valence-electron chi connectivity index (χ2n) is 17.5. The SMILES string of the molecule is CCCCCCC\C=C/C=C\C=C/CCCCCCCC(=O)OCC(COC(=O)CCCCCCCCCCCC)OC(=O)CCCCC/C=C\C=C/CCCCCCCCC. The van der Waals surface area contributed by atoms with Gasteiger partial charge in [-0.15, -0.1) is 0 Å². The molecule has 0 heterocycles. The molecule has 0 amide bonds. The number of carbonyl (C=O) groups is 3. The number of esters is 3. The van der Waals surface area contributed by atoms with Crippen molar-refractivity contribution in [1.82, 2.24) is 0 Å². The fourth-order valence-corrected chi connectivity index (χ4v) is 7.32. The maximum Gasteiger partial charge on any atom is 0.306 e. The molecule has 62 heavy (non-hydrogen) atoms. The van der Waals surface area contributed by atoms with Gasteiger partial charge in [0, 0.05) is 19.3 Å². The zero-order chi connectivity index (χ0) is 45.1. The van der Waals surface area contributed by atoms with Crippen LogP contribution in [0.2, 0.25) is 0 Å². The summed E-state index contributed by atoms with van der Waals surface area (Å²) in [4.78, 5) is 37.9. The largest absolute Gasteiger partial charge is 0.462 e. The number of hydrogen-bond acceptors (Lipinski definition) is 6. The molecule has 0 aromatic rings. The van der Waals surface area contributed by atoms with Gasteiger partial charge in [-0.1, -0.05) is 229 Å². The predicted octanol–water partition coefficient (Wildman–Crippen LogP) is 17.3. The molecule has 0 aromatic heterocycles. The molecule has 0 aliphatic carbocycles. The first-order valence-electron chi connectivity index (χ1n) is 26.3. The highest BCUT2D eigenvalue weighted by Gasteiger charge is 2.19. The van der Waals surface area contributed by atoms with Crippen LogP contribution in [0.25, 0.3) is 0 Å². The maximum atomic E-state index is 12.8. The van der Waals surface area contributed by atoms with E-state index in [-0.39, 0.29) is 31.1 Å². The zero-order valence-corrected chi connectivity index (χ0v) is 40.9. The Kier molecular flexibility index (Phi) is 48.4. The van der Waals surface area contributed by atoms with Gasteiger partial charge in [0.1, 0.15) is 13.2 Å². The highest BCUT2D eigenvalue weighted by molar-refractivity contribution is 5.71. The van der Waals surface area contributed by atoms with E-state index in [9.17, 15) is 14.4 Å². The molecule has 0 N–H and O–H groups in total. The maximum absolute atomic E-state index is 12.8. The minimum Gasteiger partial charge on any atom is -0.462 e. The van der Waals surface area contributed by atoms with Crippen molar-refractivity contribution in [2.24, 2.45) is 0 Å². The fraction of sp³-hybridized carbons (Fsp3) is 0.768. The molecule has 0 saturated carbocycles. The van der Waals surface area contributed by atoms with Crippen molar-refractivity contribution in [1.29, 1.82) is 0 Å². The van der Waals surface area contributed by atoms with E-state index in [0.29, 0.717) is 19.3 Å². The lowest BCUT2D eigenvalue weighted by molar-refractivity contribution is -0.167. The minimum absolute atomic E-state index is 0.0903. The van der Waals surface area contributed by atoms with Gasteiger partial charge < -0.3 is 14.2 Å². The molecule has 0 aliphatic rings. The van der Waals surface area contributed by atoms with Crippen LogP contribution in [0.3, 0.4) is 0 Å². The zero-order valence-electron chi connectivity index (χ0n) is 40.9. The number of carbonyl (C=O) groups excluding carboxylic acids is 3. The standard InChI is InChI=1S/C56H98O6/c1-4-7-10-13-16-19-22-24-26-28-29-31-32-34-37-40-43-46-49-55(58)61-52-53(51-60-54(57)48-45-42-39-36-21-18-15-12-9-6-3)62-56(59)50-47-44-41-38-35-33-30-27-25-23-20-17-14-11-8-5-2/h22,24,26-31,33,35,53H,4-21,23,25,32,34,36-52H2,1-3H3/b24-22-,28-26-,30-27-,31-29-,35-33-. The van der Waals surface area contributed by atoms with Gasteiger partial charge in [-0.05, 0) is 70.6 Å². The second kappa shape index (κ2) is 50.8. The van der Waals surface area contributed by atoms with E-state index < -0.39 is 6.10 Å². The van der Waals surface area contributed by atoms with Gasteiger partial charge in [-0.25, -0.2) is 0 Å². The number of allylic oxidation sites excluding steroid dienone is 10. The van der Waals surface area contributed by atoms with Gasteiger partial charge in [0.15, 0.2) is 6.10 Å². The summed E-state index contributed by atoms with van der Waals surface area (Å²) in [6.07, 6.45) is 62.0. The summed E-state index contributed by atoms with van der Waals surface area (Å²) in [5, 5.41) is 0. The molecule has 1 unspecified atom stereocenters. The molecule has 0 saturated heterocycles. The molecule has 0 aromatic carbocycles. The molecule has 358 valence electrons. The summed E-state index contributed by atoms with van der Waals surface area (Å²) < 4.78 is 16.7. The van der Waals surface area contributed by atoms with Gasteiger partial charge in [0.2, 0.25) is 0 Å². The van der Waals surface area contributed by atoms with Crippen molar-refractivity contribution >= 4 is 17.9 Å². The Bertz CT molecular complexity index is 1130. The first kappa shape index (κ1) is 59.1. The molecule has 0 bridgehead atoms. The van der Waals surface area contributed by atoms with Crippen LogP contribution in [-0.4, -0.2) is 37.2 Å². The van der Waals surface area contributed by atoms with Crippen LogP contribution >= 0.6 is 0 Å². The van der Waals surface area contributed by atoms with Crippen LogP contribution in [0, 0.1) is 0 Å². The third-order valence-electron chi connectivity index (χ3n) is 11.3. The lowest BCUT2D eigenvalue weighted by atomic mass is 10.1. The van der Waals surface area contributed by atoms with E-state index in [1.807, 2.05) is 0 Å². The molecule has 1 atom stereocenters. The quantitative estimate of drug-likeness (QED) is 0.0262. The Morgan fingerprint density at radius 3 is 0.919 bits per heavy atom.